The maximum absolute atomic E-state index is 13.3. The first kappa shape index (κ1) is 19.4. The number of hydrogen-bond donors (Lipinski definition) is 1. The number of aromatic amines is 1. The molecule has 8 nitrogen and oxygen atoms in total. The van der Waals surface area contributed by atoms with Crippen LogP contribution in [0.1, 0.15) is 40.9 Å². The van der Waals surface area contributed by atoms with Crippen molar-refractivity contribution in [3.8, 4) is 17.3 Å². The fourth-order valence-electron chi connectivity index (χ4n) is 4.88. The minimum atomic E-state index is -0.316. The van der Waals surface area contributed by atoms with E-state index in [2.05, 4.69) is 15.0 Å². The summed E-state index contributed by atoms with van der Waals surface area (Å²) in [5, 5.41) is 0. The van der Waals surface area contributed by atoms with Crippen LogP contribution in [0.4, 0.5) is 0 Å². The number of carbonyl (C=O) groups is 1. The average molecular weight is 417 g/mol. The lowest BCUT2D eigenvalue weighted by Crippen LogP contribution is -2.48. The van der Waals surface area contributed by atoms with Gasteiger partial charge in [-0.1, -0.05) is 0 Å². The molecule has 1 amide bonds. The van der Waals surface area contributed by atoms with Crippen molar-refractivity contribution in [2.24, 2.45) is 0 Å². The number of nitrogens with one attached hydrogen (secondary N) is 1. The molecule has 158 valence electrons. The van der Waals surface area contributed by atoms with Gasteiger partial charge in [0.25, 0.3) is 11.5 Å². The van der Waals surface area contributed by atoms with Crippen molar-refractivity contribution in [1.82, 2.24) is 24.8 Å². The highest BCUT2D eigenvalue weighted by molar-refractivity contribution is 5.96. The Morgan fingerprint density at radius 2 is 2.10 bits per heavy atom. The molecule has 0 bridgehead atoms. The molecule has 0 radical (unpaired) electrons. The standard InChI is InChI=1S/C23H23N5O3/c1-31-21-17(6-3-11-25-21)22(30)28-12-4-8-23(14-28)9-7-16-18(23)26-19(27-20(16)29)15-5-2-10-24-13-15/h2-3,5-6,10-11,13H,4,7-9,12,14H2,1H3,(H,26,27,29). The first-order chi connectivity index (χ1) is 15.1. The minimum Gasteiger partial charge on any atom is -0.480 e. The molecule has 3 aromatic heterocycles. The van der Waals surface area contributed by atoms with Crippen molar-refractivity contribution < 1.29 is 9.53 Å². The molecule has 0 aromatic carbocycles. The van der Waals surface area contributed by atoms with Gasteiger partial charge in [0, 0.05) is 48.2 Å². The third kappa shape index (κ3) is 3.28. The largest absolute Gasteiger partial charge is 0.480 e. The molecule has 2 aliphatic rings. The van der Waals surface area contributed by atoms with Gasteiger partial charge in [0.1, 0.15) is 11.4 Å². The number of likely N-dealkylation sites (tertiary alicyclic amines) is 1. The first-order valence-electron chi connectivity index (χ1n) is 10.4. The van der Waals surface area contributed by atoms with Crippen molar-refractivity contribution in [2.75, 3.05) is 20.2 Å². The van der Waals surface area contributed by atoms with Crippen LogP contribution in [-0.2, 0) is 11.8 Å². The number of piperidine rings is 1. The van der Waals surface area contributed by atoms with Gasteiger partial charge in [0.15, 0.2) is 0 Å². The van der Waals surface area contributed by atoms with Crippen LogP contribution in [0.3, 0.4) is 0 Å². The molecule has 1 fully saturated rings. The molecule has 1 unspecified atom stereocenters. The summed E-state index contributed by atoms with van der Waals surface area (Å²) in [6, 6.07) is 7.18. The Hall–Kier alpha value is -3.55. The summed E-state index contributed by atoms with van der Waals surface area (Å²) in [7, 11) is 1.51. The van der Waals surface area contributed by atoms with Gasteiger partial charge in [-0.05, 0) is 49.9 Å². The van der Waals surface area contributed by atoms with Crippen LogP contribution in [0.15, 0.2) is 47.7 Å². The molecule has 3 aromatic rings. The zero-order valence-corrected chi connectivity index (χ0v) is 17.3. The highest BCUT2D eigenvalue weighted by Gasteiger charge is 2.46. The highest BCUT2D eigenvalue weighted by atomic mass is 16.5. The molecule has 1 aliphatic heterocycles. The second-order valence-corrected chi connectivity index (χ2v) is 8.15. The van der Waals surface area contributed by atoms with Gasteiger partial charge in [-0.15, -0.1) is 0 Å². The fraction of sp³-hybridized carbons (Fsp3) is 0.348. The van der Waals surface area contributed by atoms with Crippen molar-refractivity contribution in [2.45, 2.75) is 31.1 Å². The number of aromatic nitrogens is 4. The van der Waals surface area contributed by atoms with Crippen LogP contribution in [0.25, 0.3) is 11.4 Å². The summed E-state index contributed by atoms with van der Waals surface area (Å²) in [6.07, 6.45) is 8.22. The monoisotopic (exact) mass is 417 g/mol. The lowest BCUT2D eigenvalue weighted by Gasteiger charge is -2.40. The molecule has 1 N–H and O–H groups in total. The number of methoxy groups -OCH3 is 1. The van der Waals surface area contributed by atoms with Crippen molar-refractivity contribution >= 4 is 5.91 Å². The predicted molar refractivity (Wildman–Crippen MR) is 114 cm³/mol. The van der Waals surface area contributed by atoms with Gasteiger partial charge in [-0.3, -0.25) is 14.6 Å². The van der Waals surface area contributed by atoms with Crippen molar-refractivity contribution in [1.29, 1.82) is 0 Å². The Morgan fingerprint density at radius 1 is 1.23 bits per heavy atom. The first-order valence-corrected chi connectivity index (χ1v) is 10.4. The molecular weight excluding hydrogens is 394 g/mol. The summed E-state index contributed by atoms with van der Waals surface area (Å²) in [5.41, 5.74) is 2.37. The molecule has 1 spiro atoms. The van der Waals surface area contributed by atoms with Gasteiger partial charge < -0.3 is 14.6 Å². The molecular formula is C23H23N5O3. The minimum absolute atomic E-state index is 0.0990. The molecule has 0 saturated carbocycles. The SMILES string of the molecule is COc1ncccc1C(=O)N1CCCC2(CCc3c2nc(-c2cccnc2)[nH]c3=O)C1. The number of ether oxygens (including phenoxy) is 1. The second-order valence-electron chi connectivity index (χ2n) is 8.15. The number of nitrogens with zero attached hydrogens (tertiary/aromatic N) is 4. The maximum Gasteiger partial charge on any atom is 0.259 e. The molecule has 1 atom stereocenters. The van der Waals surface area contributed by atoms with Crippen molar-refractivity contribution in [3.05, 3.63) is 70.0 Å². The van der Waals surface area contributed by atoms with Crippen molar-refractivity contribution in [3.63, 3.8) is 0 Å². The van der Waals surface area contributed by atoms with E-state index in [0.717, 1.165) is 36.1 Å². The summed E-state index contributed by atoms with van der Waals surface area (Å²) < 4.78 is 5.29. The highest BCUT2D eigenvalue weighted by Crippen LogP contribution is 2.43. The van der Waals surface area contributed by atoms with Gasteiger partial charge in [0.05, 0.1) is 12.8 Å². The lowest BCUT2D eigenvalue weighted by molar-refractivity contribution is 0.0629. The van der Waals surface area contributed by atoms with E-state index in [1.807, 2.05) is 17.0 Å². The van der Waals surface area contributed by atoms with E-state index < -0.39 is 0 Å². The van der Waals surface area contributed by atoms with Crippen LogP contribution in [0, 0.1) is 0 Å². The van der Waals surface area contributed by atoms with E-state index in [9.17, 15) is 9.59 Å². The number of hydrogen-bond acceptors (Lipinski definition) is 6. The normalized spacial score (nSPS) is 20.0. The number of pyridine rings is 2. The van der Waals surface area contributed by atoms with E-state index in [4.69, 9.17) is 9.72 Å². The Bertz CT molecular complexity index is 1190. The van der Waals surface area contributed by atoms with E-state index in [0.29, 0.717) is 36.8 Å². The van der Waals surface area contributed by atoms with Crippen LogP contribution in [0.2, 0.25) is 0 Å². The number of rotatable bonds is 3. The van der Waals surface area contributed by atoms with Crippen LogP contribution < -0.4 is 10.3 Å². The fourth-order valence-corrected chi connectivity index (χ4v) is 4.88. The number of carbonyl (C=O) groups excluding carboxylic acids is 1. The topological polar surface area (TPSA) is 101 Å². The van der Waals surface area contributed by atoms with Crippen LogP contribution >= 0.6 is 0 Å². The Labute approximate surface area is 179 Å². The van der Waals surface area contributed by atoms with Gasteiger partial charge in [0.2, 0.25) is 5.88 Å². The molecule has 5 rings (SSSR count). The maximum atomic E-state index is 13.3. The van der Waals surface area contributed by atoms with E-state index in [1.54, 1.807) is 30.7 Å². The third-order valence-corrected chi connectivity index (χ3v) is 6.37. The Morgan fingerprint density at radius 3 is 2.90 bits per heavy atom. The zero-order valence-electron chi connectivity index (χ0n) is 17.3. The van der Waals surface area contributed by atoms with Gasteiger partial charge >= 0.3 is 0 Å². The number of fused-ring (bicyclic) bond motifs is 2. The summed E-state index contributed by atoms with van der Waals surface area (Å²) in [5.74, 6) is 0.748. The van der Waals surface area contributed by atoms with E-state index in [-0.39, 0.29) is 16.9 Å². The molecule has 8 heteroatoms. The second kappa shape index (κ2) is 7.61. The van der Waals surface area contributed by atoms with Gasteiger partial charge in [-0.2, -0.15) is 0 Å². The van der Waals surface area contributed by atoms with Gasteiger partial charge in [-0.25, -0.2) is 9.97 Å². The Balaban J connectivity index is 1.51. The predicted octanol–water partition coefficient (Wildman–Crippen LogP) is 2.36. The summed E-state index contributed by atoms with van der Waals surface area (Å²) in [6.45, 7) is 1.19. The smallest absolute Gasteiger partial charge is 0.259 e. The van der Waals surface area contributed by atoms with E-state index >= 15 is 0 Å². The lowest BCUT2D eigenvalue weighted by atomic mass is 9.77. The van der Waals surface area contributed by atoms with E-state index in [1.165, 1.54) is 7.11 Å². The number of amides is 1. The molecule has 31 heavy (non-hydrogen) atoms. The van der Waals surface area contributed by atoms with Crippen LogP contribution in [0.5, 0.6) is 5.88 Å². The van der Waals surface area contributed by atoms with Crippen LogP contribution in [-0.4, -0.2) is 50.9 Å². The molecule has 1 saturated heterocycles. The Kier molecular flexibility index (Phi) is 4.77. The summed E-state index contributed by atoms with van der Waals surface area (Å²) in [4.78, 5) is 44.1. The number of H-pyrrole nitrogens is 1. The molecule has 1 aliphatic carbocycles. The molecule has 4 heterocycles. The summed E-state index contributed by atoms with van der Waals surface area (Å²) >= 11 is 0. The average Bonchev–Trinajstić information content (AvgIpc) is 3.17. The third-order valence-electron chi connectivity index (χ3n) is 6.37. The zero-order chi connectivity index (χ0) is 21.4. The quantitative estimate of drug-likeness (QED) is 0.702.